The van der Waals surface area contributed by atoms with Gasteiger partial charge in [0.1, 0.15) is 5.82 Å². The molecule has 4 nitrogen and oxygen atoms in total. The Morgan fingerprint density at radius 2 is 1.68 bits per heavy atom. The normalized spacial score (nSPS) is 11.8. The molecule has 25 heavy (non-hydrogen) atoms. The molecule has 0 saturated carbocycles. The van der Waals surface area contributed by atoms with Crippen molar-refractivity contribution in [3.63, 3.8) is 0 Å². The van der Waals surface area contributed by atoms with Crippen molar-refractivity contribution in [3.05, 3.63) is 64.2 Å². The van der Waals surface area contributed by atoms with Crippen LogP contribution in [0.5, 0.6) is 0 Å². The Kier molecular flexibility index (Phi) is 5.63. The third-order valence-corrected chi connectivity index (χ3v) is 3.33. The molecule has 0 unspecified atom stereocenters. The Morgan fingerprint density at radius 3 is 2.36 bits per heavy atom. The second kappa shape index (κ2) is 7.52. The van der Waals surface area contributed by atoms with Gasteiger partial charge in [0.15, 0.2) is 23.6 Å². The van der Waals surface area contributed by atoms with Gasteiger partial charge in [-0.15, -0.1) is 0 Å². The SMILES string of the molecule is C[C@H](OC(=O)c1cc(Cl)ccc1F)C(=O)Nc1ccc(F)c(F)c1F. The second-order valence-corrected chi connectivity index (χ2v) is 5.32. The first-order valence-corrected chi connectivity index (χ1v) is 7.19. The first-order chi connectivity index (χ1) is 11.7. The highest BCUT2D eigenvalue weighted by Gasteiger charge is 2.23. The molecule has 0 bridgehead atoms. The van der Waals surface area contributed by atoms with Gasteiger partial charge in [-0.1, -0.05) is 11.6 Å². The van der Waals surface area contributed by atoms with Crippen molar-refractivity contribution in [2.75, 3.05) is 5.32 Å². The molecule has 9 heteroatoms. The summed E-state index contributed by atoms with van der Waals surface area (Å²) < 4.78 is 57.8. The first-order valence-electron chi connectivity index (χ1n) is 6.81. The fourth-order valence-corrected chi connectivity index (χ4v) is 1.96. The number of esters is 1. The van der Waals surface area contributed by atoms with Crippen molar-refractivity contribution in [2.24, 2.45) is 0 Å². The van der Waals surface area contributed by atoms with Gasteiger partial charge in [-0.25, -0.2) is 22.4 Å². The highest BCUT2D eigenvalue weighted by molar-refractivity contribution is 6.30. The number of halogens is 5. The summed E-state index contributed by atoms with van der Waals surface area (Å²) in [6.45, 7) is 1.13. The topological polar surface area (TPSA) is 55.4 Å². The molecule has 1 amide bonds. The lowest BCUT2D eigenvalue weighted by Crippen LogP contribution is -2.30. The number of ether oxygens (including phenoxy) is 1. The predicted molar refractivity (Wildman–Crippen MR) is 81.2 cm³/mol. The van der Waals surface area contributed by atoms with Crippen LogP contribution in [0.2, 0.25) is 5.02 Å². The number of benzene rings is 2. The maximum absolute atomic E-state index is 13.6. The van der Waals surface area contributed by atoms with Crippen LogP contribution in [0.1, 0.15) is 17.3 Å². The lowest BCUT2D eigenvalue weighted by atomic mass is 10.2. The molecule has 0 fully saturated rings. The average molecular weight is 376 g/mol. The van der Waals surface area contributed by atoms with E-state index in [1.807, 2.05) is 5.32 Å². The van der Waals surface area contributed by atoms with Gasteiger partial charge in [0.05, 0.1) is 11.3 Å². The van der Waals surface area contributed by atoms with Crippen LogP contribution in [0.25, 0.3) is 0 Å². The van der Waals surface area contributed by atoms with E-state index in [4.69, 9.17) is 16.3 Å². The van der Waals surface area contributed by atoms with E-state index in [1.54, 1.807) is 0 Å². The lowest BCUT2D eigenvalue weighted by Gasteiger charge is -2.14. The van der Waals surface area contributed by atoms with Gasteiger partial charge in [0.25, 0.3) is 5.91 Å². The molecule has 132 valence electrons. The summed E-state index contributed by atoms with van der Waals surface area (Å²) in [5.74, 6) is -7.90. The molecule has 2 rings (SSSR count). The standard InChI is InChI=1S/C16H10ClF4NO3/c1-7(25-16(24)9-6-8(17)2-3-10(9)18)15(23)22-12-5-4-11(19)13(20)14(12)21/h2-7H,1H3,(H,22,23)/t7-/m0/s1. The summed E-state index contributed by atoms with van der Waals surface area (Å²) in [5.41, 5.74) is -1.13. The van der Waals surface area contributed by atoms with Crippen LogP contribution in [-0.4, -0.2) is 18.0 Å². The monoisotopic (exact) mass is 375 g/mol. The van der Waals surface area contributed by atoms with E-state index >= 15 is 0 Å². The highest BCUT2D eigenvalue weighted by atomic mass is 35.5. The number of amides is 1. The van der Waals surface area contributed by atoms with Crippen LogP contribution < -0.4 is 5.32 Å². The van der Waals surface area contributed by atoms with Gasteiger partial charge in [0.2, 0.25) is 0 Å². The van der Waals surface area contributed by atoms with E-state index < -0.39 is 52.5 Å². The van der Waals surface area contributed by atoms with E-state index in [2.05, 4.69) is 0 Å². The second-order valence-electron chi connectivity index (χ2n) is 4.88. The van der Waals surface area contributed by atoms with Crippen LogP contribution in [-0.2, 0) is 9.53 Å². The van der Waals surface area contributed by atoms with Crippen LogP contribution in [0.3, 0.4) is 0 Å². The number of rotatable bonds is 4. The average Bonchev–Trinajstić information content (AvgIpc) is 2.57. The van der Waals surface area contributed by atoms with Gasteiger partial charge in [0, 0.05) is 5.02 Å². The quantitative estimate of drug-likeness (QED) is 0.497. The largest absolute Gasteiger partial charge is 0.449 e. The van der Waals surface area contributed by atoms with Crippen molar-refractivity contribution in [1.29, 1.82) is 0 Å². The van der Waals surface area contributed by atoms with E-state index in [-0.39, 0.29) is 5.02 Å². The zero-order valence-corrected chi connectivity index (χ0v) is 13.3. The van der Waals surface area contributed by atoms with Crippen LogP contribution in [0, 0.1) is 23.3 Å². The fraction of sp³-hybridized carbons (Fsp3) is 0.125. The predicted octanol–water partition coefficient (Wildman–Crippen LogP) is 4.08. The zero-order chi connectivity index (χ0) is 18.7. The van der Waals surface area contributed by atoms with E-state index in [0.717, 1.165) is 25.1 Å². The number of nitrogens with one attached hydrogen (secondary N) is 1. The summed E-state index contributed by atoms with van der Waals surface area (Å²) in [7, 11) is 0. The minimum atomic E-state index is -1.76. The van der Waals surface area contributed by atoms with Gasteiger partial charge < -0.3 is 10.1 Å². The van der Waals surface area contributed by atoms with E-state index in [0.29, 0.717) is 6.07 Å². The summed E-state index contributed by atoms with van der Waals surface area (Å²) in [6.07, 6.45) is -1.47. The molecule has 0 aliphatic rings. The summed E-state index contributed by atoms with van der Waals surface area (Å²) in [4.78, 5) is 23.8. The van der Waals surface area contributed by atoms with Crippen molar-refractivity contribution in [3.8, 4) is 0 Å². The molecular weight excluding hydrogens is 366 g/mol. The Morgan fingerprint density at radius 1 is 1.04 bits per heavy atom. The van der Waals surface area contributed by atoms with Crippen LogP contribution >= 0.6 is 11.6 Å². The molecule has 1 atom stereocenters. The summed E-state index contributed by atoms with van der Waals surface area (Å²) in [5, 5.41) is 2.02. The molecule has 0 aromatic heterocycles. The fourth-order valence-electron chi connectivity index (χ4n) is 1.79. The third kappa shape index (κ3) is 4.27. The maximum Gasteiger partial charge on any atom is 0.341 e. The van der Waals surface area contributed by atoms with E-state index in [1.165, 1.54) is 6.07 Å². The van der Waals surface area contributed by atoms with Gasteiger partial charge in [-0.2, -0.15) is 0 Å². The molecule has 0 saturated heterocycles. The molecule has 2 aromatic rings. The van der Waals surface area contributed by atoms with E-state index in [9.17, 15) is 27.2 Å². The first kappa shape index (κ1) is 18.7. The number of hydrogen-bond donors (Lipinski definition) is 1. The Balaban J connectivity index is 2.09. The number of carbonyl (C=O) groups excluding carboxylic acids is 2. The Bertz CT molecular complexity index is 844. The van der Waals surface area contributed by atoms with Gasteiger partial charge in [-0.3, -0.25) is 4.79 Å². The van der Waals surface area contributed by atoms with Crippen molar-refractivity contribution >= 4 is 29.2 Å². The number of anilines is 1. The minimum absolute atomic E-state index is 0.0781. The third-order valence-electron chi connectivity index (χ3n) is 3.09. The highest BCUT2D eigenvalue weighted by Crippen LogP contribution is 2.20. The van der Waals surface area contributed by atoms with Crippen molar-refractivity contribution in [2.45, 2.75) is 13.0 Å². The molecule has 0 aliphatic heterocycles. The smallest absolute Gasteiger partial charge is 0.341 e. The molecule has 0 radical (unpaired) electrons. The van der Waals surface area contributed by atoms with Crippen LogP contribution in [0.15, 0.2) is 30.3 Å². The molecule has 0 spiro atoms. The molecule has 0 aliphatic carbocycles. The number of hydrogen-bond acceptors (Lipinski definition) is 3. The lowest BCUT2D eigenvalue weighted by molar-refractivity contribution is -0.123. The minimum Gasteiger partial charge on any atom is -0.449 e. The summed E-state index contributed by atoms with van der Waals surface area (Å²) in [6, 6.07) is 4.59. The van der Waals surface area contributed by atoms with Crippen LogP contribution in [0.4, 0.5) is 23.2 Å². The molecular formula is C16H10ClF4NO3. The Hall–Kier alpha value is -2.61. The zero-order valence-electron chi connectivity index (χ0n) is 12.6. The molecule has 1 N–H and O–H groups in total. The summed E-state index contributed by atoms with van der Waals surface area (Å²) >= 11 is 5.65. The van der Waals surface area contributed by atoms with Gasteiger partial charge in [-0.05, 0) is 37.3 Å². The van der Waals surface area contributed by atoms with Crippen molar-refractivity contribution < 1.29 is 31.9 Å². The number of carbonyl (C=O) groups is 2. The molecule has 2 aromatic carbocycles. The van der Waals surface area contributed by atoms with Crippen molar-refractivity contribution in [1.82, 2.24) is 0 Å². The maximum atomic E-state index is 13.6. The van der Waals surface area contributed by atoms with Gasteiger partial charge >= 0.3 is 5.97 Å². The molecule has 0 heterocycles. The Labute approximate surface area is 144 Å².